The van der Waals surface area contributed by atoms with Gasteiger partial charge in [-0.25, -0.2) is 4.98 Å². The second-order valence-corrected chi connectivity index (χ2v) is 6.73. The van der Waals surface area contributed by atoms with Crippen LogP contribution >= 0.6 is 11.6 Å². The van der Waals surface area contributed by atoms with Gasteiger partial charge >= 0.3 is 0 Å². The van der Waals surface area contributed by atoms with Gasteiger partial charge in [0.25, 0.3) is 0 Å². The van der Waals surface area contributed by atoms with E-state index in [-0.39, 0.29) is 0 Å². The lowest BCUT2D eigenvalue weighted by Crippen LogP contribution is -2.49. The molecule has 2 aromatic heterocycles. The number of nitrogens with one attached hydrogen (secondary N) is 1. The van der Waals surface area contributed by atoms with Gasteiger partial charge in [0.2, 0.25) is 0 Å². The molecule has 0 aromatic carbocycles. The molecule has 118 valence electrons. The van der Waals surface area contributed by atoms with Crippen molar-refractivity contribution in [3.05, 3.63) is 35.2 Å². The number of aromatic nitrogens is 2. The molecule has 4 rings (SSSR count). The Balaban J connectivity index is 1.44. The Morgan fingerprint density at radius 2 is 2.09 bits per heavy atom. The van der Waals surface area contributed by atoms with E-state index in [1.54, 1.807) is 0 Å². The zero-order chi connectivity index (χ0) is 14.9. The van der Waals surface area contributed by atoms with Gasteiger partial charge < -0.3 is 9.72 Å². The van der Waals surface area contributed by atoms with Gasteiger partial charge in [-0.15, -0.1) is 0 Å². The maximum atomic E-state index is 6.11. The van der Waals surface area contributed by atoms with E-state index in [0.29, 0.717) is 6.04 Å². The molecule has 0 spiro atoms. The first-order chi connectivity index (χ1) is 10.8. The summed E-state index contributed by atoms with van der Waals surface area (Å²) in [6.07, 6.45) is 5.21. The Morgan fingerprint density at radius 1 is 1.23 bits per heavy atom. The summed E-state index contributed by atoms with van der Waals surface area (Å²) in [6.45, 7) is 7.90. The smallest absolute Gasteiger partial charge is 0.137 e. The molecule has 0 radical (unpaired) electrons. The van der Waals surface area contributed by atoms with Crippen molar-refractivity contribution in [1.82, 2.24) is 24.5 Å². The van der Waals surface area contributed by atoms with Gasteiger partial charge in [0.05, 0.1) is 16.9 Å². The molecule has 0 aliphatic carbocycles. The molecule has 0 amide bonds. The van der Waals surface area contributed by atoms with Crippen molar-refractivity contribution in [2.45, 2.75) is 19.0 Å². The Morgan fingerprint density at radius 3 is 2.95 bits per heavy atom. The molecule has 1 atom stereocenters. The van der Waals surface area contributed by atoms with Crippen molar-refractivity contribution in [2.75, 3.05) is 39.3 Å². The fraction of sp³-hybridized carbons (Fsp3) is 0.562. The largest absolute Gasteiger partial charge is 0.314 e. The highest BCUT2D eigenvalue weighted by atomic mass is 35.5. The molecule has 2 aliphatic heterocycles. The van der Waals surface area contributed by atoms with Gasteiger partial charge in [-0.3, -0.25) is 9.80 Å². The van der Waals surface area contributed by atoms with E-state index in [1.807, 2.05) is 24.5 Å². The maximum Gasteiger partial charge on any atom is 0.137 e. The van der Waals surface area contributed by atoms with Crippen LogP contribution in [0.5, 0.6) is 0 Å². The monoisotopic (exact) mass is 319 g/mol. The number of nitrogens with zero attached hydrogens (tertiary/aromatic N) is 4. The van der Waals surface area contributed by atoms with E-state index in [2.05, 4.69) is 24.5 Å². The van der Waals surface area contributed by atoms with Crippen molar-refractivity contribution < 1.29 is 0 Å². The third-order valence-corrected chi connectivity index (χ3v) is 5.07. The van der Waals surface area contributed by atoms with Crippen LogP contribution in [0, 0.1) is 0 Å². The van der Waals surface area contributed by atoms with Crippen LogP contribution in [0.15, 0.2) is 24.5 Å². The third kappa shape index (κ3) is 2.86. The van der Waals surface area contributed by atoms with Gasteiger partial charge in [-0.1, -0.05) is 11.6 Å². The zero-order valence-corrected chi connectivity index (χ0v) is 13.5. The number of fused-ring (bicyclic) bond motifs is 1. The molecule has 1 N–H and O–H groups in total. The minimum Gasteiger partial charge on any atom is -0.314 e. The first kappa shape index (κ1) is 14.5. The zero-order valence-electron chi connectivity index (χ0n) is 12.7. The van der Waals surface area contributed by atoms with E-state index in [4.69, 9.17) is 11.6 Å². The van der Waals surface area contributed by atoms with Crippen LogP contribution in [0.25, 0.3) is 5.65 Å². The fourth-order valence-corrected chi connectivity index (χ4v) is 3.81. The summed E-state index contributed by atoms with van der Waals surface area (Å²) >= 11 is 6.11. The number of hydrogen-bond donors (Lipinski definition) is 1. The van der Waals surface area contributed by atoms with E-state index in [1.165, 1.54) is 31.7 Å². The molecule has 0 saturated carbocycles. The number of rotatable bonds is 3. The molecule has 2 fully saturated rings. The number of pyridine rings is 1. The summed E-state index contributed by atoms with van der Waals surface area (Å²) in [5, 5.41) is 4.19. The van der Waals surface area contributed by atoms with Crippen LogP contribution in [-0.4, -0.2) is 64.5 Å². The predicted molar refractivity (Wildman–Crippen MR) is 88.3 cm³/mol. The number of imidazole rings is 1. The first-order valence-corrected chi connectivity index (χ1v) is 8.46. The molecule has 6 heteroatoms. The summed E-state index contributed by atoms with van der Waals surface area (Å²) in [5.74, 6) is 0. The molecule has 2 saturated heterocycles. The van der Waals surface area contributed by atoms with E-state index >= 15 is 0 Å². The van der Waals surface area contributed by atoms with Crippen LogP contribution in [0.2, 0.25) is 5.02 Å². The predicted octanol–water partition coefficient (Wildman–Crippen LogP) is 1.47. The maximum absolute atomic E-state index is 6.11. The Labute approximate surface area is 135 Å². The van der Waals surface area contributed by atoms with Gasteiger partial charge in [0, 0.05) is 58.1 Å². The highest BCUT2D eigenvalue weighted by molar-refractivity contribution is 6.30. The van der Waals surface area contributed by atoms with E-state index in [0.717, 1.165) is 36.8 Å². The molecular weight excluding hydrogens is 298 g/mol. The standard InChI is InChI=1S/C16H22ClN5/c17-13-1-2-16-19-9-15(22(16)10-13)12-20-6-3-14(11-20)21-7-4-18-5-8-21/h1-2,9-10,14,18H,3-8,11-12H2. The van der Waals surface area contributed by atoms with Crippen LogP contribution in [0.3, 0.4) is 0 Å². The lowest BCUT2D eigenvalue weighted by atomic mass is 10.2. The average Bonchev–Trinajstić information content (AvgIpc) is 3.16. The summed E-state index contributed by atoms with van der Waals surface area (Å²) in [7, 11) is 0. The second-order valence-electron chi connectivity index (χ2n) is 6.29. The van der Waals surface area contributed by atoms with Crippen molar-refractivity contribution >= 4 is 17.2 Å². The number of halogens is 1. The lowest BCUT2D eigenvalue weighted by molar-refractivity contribution is 0.170. The van der Waals surface area contributed by atoms with Crippen LogP contribution in [0.4, 0.5) is 0 Å². The molecule has 0 bridgehead atoms. The molecule has 2 aliphatic rings. The normalized spacial score (nSPS) is 24.3. The van der Waals surface area contributed by atoms with Gasteiger partial charge in [0.15, 0.2) is 0 Å². The highest BCUT2D eigenvalue weighted by Gasteiger charge is 2.28. The minimum absolute atomic E-state index is 0.713. The molecule has 2 aromatic rings. The van der Waals surface area contributed by atoms with Crippen LogP contribution < -0.4 is 5.32 Å². The minimum atomic E-state index is 0.713. The van der Waals surface area contributed by atoms with Gasteiger partial charge in [-0.2, -0.15) is 0 Å². The third-order valence-electron chi connectivity index (χ3n) is 4.85. The topological polar surface area (TPSA) is 35.8 Å². The first-order valence-electron chi connectivity index (χ1n) is 8.08. The molecule has 1 unspecified atom stereocenters. The lowest BCUT2D eigenvalue weighted by Gasteiger charge is -2.32. The molecule has 4 heterocycles. The van der Waals surface area contributed by atoms with Crippen molar-refractivity contribution in [3.63, 3.8) is 0 Å². The van der Waals surface area contributed by atoms with Crippen molar-refractivity contribution in [2.24, 2.45) is 0 Å². The Bertz CT molecular complexity index is 649. The Kier molecular flexibility index (Phi) is 4.05. The average molecular weight is 320 g/mol. The Hall–Kier alpha value is -1.14. The second kappa shape index (κ2) is 6.16. The quantitative estimate of drug-likeness (QED) is 0.929. The van der Waals surface area contributed by atoms with Gasteiger partial charge in [0.1, 0.15) is 5.65 Å². The van der Waals surface area contributed by atoms with Crippen LogP contribution in [0.1, 0.15) is 12.1 Å². The molecule has 22 heavy (non-hydrogen) atoms. The molecule has 5 nitrogen and oxygen atoms in total. The van der Waals surface area contributed by atoms with Crippen molar-refractivity contribution in [1.29, 1.82) is 0 Å². The summed E-state index contributed by atoms with van der Waals surface area (Å²) in [5.41, 5.74) is 2.19. The number of hydrogen-bond acceptors (Lipinski definition) is 4. The van der Waals surface area contributed by atoms with Crippen LogP contribution in [-0.2, 0) is 6.54 Å². The fourth-order valence-electron chi connectivity index (χ4n) is 3.65. The van der Waals surface area contributed by atoms with E-state index < -0.39 is 0 Å². The van der Waals surface area contributed by atoms with E-state index in [9.17, 15) is 0 Å². The summed E-state index contributed by atoms with van der Waals surface area (Å²) in [6, 6.07) is 4.58. The summed E-state index contributed by atoms with van der Waals surface area (Å²) in [4.78, 5) is 9.65. The van der Waals surface area contributed by atoms with Crippen molar-refractivity contribution in [3.8, 4) is 0 Å². The molecular formula is C16H22ClN5. The SMILES string of the molecule is Clc1ccc2ncc(CN3CCC(N4CCNCC4)C3)n2c1. The number of likely N-dealkylation sites (tertiary alicyclic amines) is 1. The van der Waals surface area contributed by atoms with Gasteiger partial charge in [-0.05, 0) is 18.6 Å². The summed E-state index contributed by atoms with van der Waals surface area (Å²) < 4.78 is 2.11. The number of piperazine rings is 1. The highest BCUT2D eigenvalue weighted by Crippen LogP contribution is 2.20.